The van der Waals surface area contributed by atoms with Crippen molar-refractivity contribution in [2.24, 2.45) is 0 Å². The molecule has 0 aliphatic rings. The normalized spacial score (nSPS) is 10.4. The lowest BCUT2D eigenvalue weighted by Gasteiger charge is -2.09. The van der Waals surface area contributed by atoms with Crippen molar-refractivity contribution < 1.29 is 14.1 Å². The second-order valence-electron chi connectivity index (χ2n) is 5.39. The largest absolute Gasteiger partial charge is 0.376 e. The van der Waals surface area contributed by atoms with E-state index >= 15 is 0 Å². The molecule has 2 N–H and O–H groups in total. The molecule has 0 saturated heterocycles. The first-order valence-corrected chi connectivity index (χ1v) is 7.49. The molecule has 0 bridgehead atoms. The van der Waals surface area contributed by atoms with Crippen molar-refractivity contribution in [2.45, 2.75) is 0 Å². The van der Waals surface area contributed by atoms with E-state index in [-0.39, 0.29) is 12.5 Å². The molecule has 0 unspecified atom stereocenters. The Hall–Kier alpha value is -3.48. The molecule has 0 radical (unpaired) electrons. The Bertz CT molecular complexity index is 959. The number of carbonyl (C=O) groups is 1. The van der Waals surface area contributed by atoms with Gasteiger partial charge in [-0.1, -0.05) is 30.3 Å². The van der Waals surface area contributed by atoms with E-state index in [9.17, 15) is 19.3 Å². The zero-order valence-corrected chi connectivity index (χ0v) is 13.0. The number of benzene rings is 3. The number of hydrogen-bond acceptors (Lipinski definition) is 4. The number of rotatable bonds is 5. The number of nitrogens with zero attached hydrogens (tertiary/aromatic N) is 1. The summed E-state index contributed by atoms with van der Waals surface area (Å²) < 4.78 is 13.3. The van der Waals surface area contributed by atoms with Crippen LogP contribution in [0.5, 0.6) is 0 Å². The molecule has 0 spiro atoms. The monoisotopic (exact) mass is 339 g/mol. The summed E-state index contributed by atoms with van der Waals surface area (Å²) in [6.45, 7) is -0.102. The van der Waals surface area contributed by atoms with Crippen molar-refractivity contribution in [2.75, 3.05) is 17.2 Å². The highest BCUT2D eigenvalue weighted by Gasteiger charge is 2.14. The summed E-state index contributed by atoms with van der Waals surface area (Å²) in [6, 6.07) is 16.7. The Morgan fingerprint density at radius 1 is 1.00 bits per heavy atom. The number of nitro groups is 1. The molecule has 25 heavy (non-hydrogen) atoms. The van der Waals surface area contributed by atoms with Crippen molar-refractivity contribution in [3.8, 4) is 0 Å². The molecule has 0 saturated carbocycles. The third-order valence-corrected chi connectivity index (χ3v) is 3.63. The molecule has 1 amide bonds. The highest BCUT2D eigenvalue weighted by Crippen LogP contribution is 2.22. The molecule has 3 aromatic carbocycles. The van der Waals surface area contributed by atoms with Crippen molar-refractivity contribution in [1.82, 2.24) is 0 Å². The Morgan fingerprint density at radius 2 is 1.72 bits per heavy atom. The van der Waals surface area contributed by atoms with Crippen LogP contribution in [0.4, 0.5) is 21.5 Å². The number of nitro benzene ring substituents is 1. The smallest absolute Gasteiger partial charge is 0.306 e. The zero-order valence-electron chi connectivity index (χ0n) is 13.0. The number of fused-ring (bicyclic) bond motifs is 1. The standard InChI is InChI=1S/C18H14FN3O3/c19-16-8-7-14(10-17(16)22(24)25)20-11-18(23)21-15-6-5-12-3-1-2-4-13(12)9-15/h1-10,20H,11H2,(H,21,23). The maximum atomic E-state index is 13.3. The van der Waals surface area contributed by atoms with Crippen LogP contribution in [-0.2, 0) is 4.79 Å². The first-order valence-electron chi connectivity index (χ1n) is 7.49. The summed E-state index contributed by atoms with van der Waals surface area (Å²) in [6.07, 6.45) is 0. The fourth-order valence-corrected chi connectivity index (χ4v) is 2.42. The Morgan fingerprint density at radius 3 is 2.48 bits per heavy atom. The van der Waals surface area contributed by atoms with Gasteiger partial charge in [-0.05, 0) is 35.0 Å². The molecule has 0 aliphatic carbocycles. The molecule has 0 aliphatic heterocycles. The summed E-state index contributed by atoms with van der Waals surface area (Å²) in [5.41, 5.74) is 0.303. The summed E-state index contributed by atoms with van der Waals surface area (Å²) in [4.78, 5) is 21.9. The van der Waals surface area contributed by atoms with Gasteiger partial charge in [0, 0.05) is 17.4 Å². The van der Waals surface area contributed by atoms with E-state index in [0.717, 1.165) is 22.9 Å². The van der Waals surface area contributed by atoms with Crippen LogP contribution in [0.25, 0.3) is 10.8 Å². The third-order valence-electron chi connectivity index (χ3n) is 3.63. The van der Waals surface area contributed by atoms with E-state index in [2.05, 4.69) is 10.6 Å². The van der Waals surface area contributed by atoms with Crippen LogP contribution in [0, 0.1) is 15.9 Å². The van der Waals surface area contributed by atoms with E-state index in [0.29, 0.717) is 11.4 Å². The predicted octanol–water partition coefficient (Wildman–Crippen LogP) is 3.94. The molecular formula is C18H14FN3O3. The second kappa shape index (κ2) is 6.96. The number of nitrogens with one attached hydrogen (secondary N) is 2. The van der Waals surface area contributed by atoms with Crippen LogP contribution >= 0.6 is 0 Å². The Balaban J connectivity index is 1.64. The van der Waals surface area contributed by atoms with Crippen LogP contribution < -0.4 is 10.6 Å². The number of hydrogen-bond donors (Lipinski definition) is 2. The molecule has 0 aromatic heterocycles. The van der Waals surface area contributed by atoms with Gasteiger partial charge in [-0.25, -0.2) is 0 Å². The minimum Gasteiger partial charge on any atom is -0.376 e. The van der Waals surface area contributed by atoms with Gasteiger partial charge in [-0.15, -0.1) is 0 Å². The molecule has 7 heteroatoms. The highest BCUT2D eigenvalue weighted by atomic mass is 19.1. The van der Waals surface area contributed by atoms with Gasteiger partial charge in [0.1, 0.15) is 0 Å². The lowest BCUT2D eigenvalue weighted by Crippen LogP contribution is -2.21. The summed E-state index contributed by atoms with van der Waals surface area (Å²) >= 11 is 0. The first kappa shape index (κ1) is 16.4. The van der Waals surface area contributed by atoms with Crippen molar-refractivity contribution >= 4 is 33.7 Å². The van der Waals surface area contributed by atoms with Crippen LogP contribution in [0.2, 0.25) is 0 Å². The van der Waals surface area contributed by atoms with Crippen LogP contribution in [0.1, 0.15) is 0 Å². The van der Waals surface area contributed by atoms with Gasteiger partial charge >= 0.3 is 5.69 Å². The molecule has 6 nitrogen and oxygen atoms in total. The summed E-state index contributed by atoms with van der Waals surface area (Å²) in [5.74, 6) is -1.24. The zero-order chi connectivity index (χ0) is 17.8. The number of amides is 1. The minimum absolute atomic E-state index is 0.102. The SMILES string of the molecule is O=C(CNc1ccc(F)c([N+](=O)[O-])c1)Nc1ccc2ccccc2c1. The highest BCUT2D eigenvalue weighted by molar-refractivity contribution is 5.96. The van der Waals surface area contributed by atoms with Crippen molar-refractivity contribution in [3.05, 3.63) is 76.6 Å². The maximum absolute atomic E-state index is 13.3. The van der Waals surface area contributed by atoms with E-state index in [4.69, 9.17) is 0 Å². The predicted molar refractivity (Wildman–Crippen MR) is 94.1 cm³/mol. The lowest BCUT2D eigenvalue weighted by molar-refractivity contribution is -0.387. The Kier molecular flexibility index (Phi) is 4.56. The lowest BCUT2D eigenvalue weighted by atomic mass is 10.1. The molecular weight excluding hydrogens is 325 g/mol. The molecule has 3 rings (SSSR count). The molecule has 126 valence electrons. The molecule has 0 atom stereocenters. The van der Waals surface area contributed by atoms with E-state index in [1.165, 1.54) is 6.07 Å². The van der Waals surface area contributed by atoms with Crippen molar-refractivity contribution in [3.63, 3.8) is 0 Å². The number of carbonyl (C=O) groups excluding carboxylic acids is 1. The first-order chi connectivity index (χ1) is 12.0. The van der Waals surface area contributed by atoms with Gasteiger partial charge < -0.3 is 10.6 Å². The number of halogens is 1. The quantitative estimate of drug-likeness (QED) is 0.545. The van der Waals surface area contributed by atoms with Gasteiger partial charge in [0.15, 0.2) is 0 Å². The van der Waals surface area contributed by atoms with Gasteiger partial charge in [-0.2, -0.15) is 4.39 Å². The van der Waals surface area contributed by atoms with Crippen LogP contribution in [0.15, 0.2) is 60.7 Å². The van der Waals surface area contributed by atoms with E-state index in [1.54, 1.807) is 6.07 Å². The summed E-state index contributed by atoms with van der Waals surface area (Å²) in [7, 11) is 0. The van der Waals surface area contributed by atoms with Crippen LogP contribution in [0.3, 0.4) is 0 Å². The average Bonchev–Trinajstić information content (AvgIpc) is 2.60. The molecule has 3 aromatic rings. The minimum atomic E-state index is -0.920. The average molecular weight is 339 g/mol. The van der Waals surface area contributed by atoms with Gasteiger partial charge in [-0.3, -0.25) is 14.9 Å². The number of anilines is 2. The Labute approximate surface area is 142 Å². The van der Waals surface area contributed by atoms with E-state index in [1.807, 2.05) is 36.4 Å². The fourth-order valence-electron chi connectivity index (χ4n) is 2.42. The topological polar surface area (TPSA) is 84.3 Å². The van der Waals surface area contributed by atoms with Crippen molar-refractivity contribution in [1.29, 1.82) is 0 Å². The second-order valence-corrected chi connectivity index (χ2v) is 5.39. The molecule has 0 fully saturated rings. The van der Waals surface area contributed by atoms with E-state index < -0.39 is 16.4 Å². The van der Waals surface area contributed by atoms with Gasteiger partial charge in [0.05, 0.1) is 11.5 Å². The van der Waals surface area contributed by atoms with Gasteiger partial charge in [0.2, 0.25) is 11.7 Å². The van der Waals surface area contributed by atoms with Crippen LogP contribution in [-0.4, -0.2) is 17.4 Å². The fraction of sp³-hybridized carbons (Fsp3) is 0.0556. The van der Waals surface area contributed by atoms with Gasteiger partial charge in [0.25, 0.3) is 0 Å². The summed E-state index contributed by atoms with van der Waals surface area (Å²) in [5, 5.41) is 18.3. The maximum Gasteiger partial charge on any atom is 0.306 e. The molecule has 0 heterocycles. The third kappa shape index (κ3) is 3.89.